The Labute approximate surface area is 230 Å². The SMILES string of the molecule is COc1cc(CO)c([N+](=O)[O-])cc1OCCCC(=O)NCCNC(=O)C(CCC(=O)C(C)(C)C)NC(C)(C)C. The van der Waals surface area contributed by atoms with Gasteiger partial charge in [0.05, 0.1) is 42.9 Å². The van der Waals surface area contributed by atoms with Gasteiger partial charge in [-0.05, 0) is 39.7 Å². The summed E-state index contributed by atoms with van der Waals surface area (Å²) < 4.78 is 10.8. The van der Waals surface area contributed by atoms with E-state index in [1.807, 2.05) is 41.5 Å². The highest BCUT2D eigenvalue weighted by Crippen LogP contribution is 2.34. The number of nitrogens with one attached hydrogen (secondary N) is 3. The molecule has 220 valence electrons. The fraction of sp³-hybridized carbons (Fsp3) is 0.667. The molecule has 2 amide bonds. The first-order chi connectivity index (χ1) is 18.1. The highest BCUT2D eigenvalue weighted by atomic mass is 16.6. The molecule has 12 heteroatoms. The number of ketones is 1. The first kappa shape index (κ1) is 33.8. The summed E-state index contributed by atoms with van der Waals surface area (Å²) in [5.74, 6) is 0.0104. The van der Waals surface area contributed by atoms with Gasteiger partial charge in [0.2, 0.25) is 11.8 Å². The van der Waals surface area contributed by atoms with Gasteiger partial charge >= 0.3 is 0 Å². The number of hydrogen-bond donors (Lipinski definition) is 4. The number of carbonyl (C=O) groups is 3. The maximum absolute atomic E-state index is 12.8. The van der Waals surface area contributed by atoms with E-state index in [9.17, 15) is 29.6 Å². The van der Waals surface area contributed by atoms with Crippen LogP contribution in [0.5, 0.6) is 11.5 Å². The van der Waals surface area contributed by atoms with Crippen LogP contribution in [-0.2, 0) is 21.0 Å². The van der Waals surface area contributed by atoms with Gasteiger partial charge in [-0.15, -0.1) is 0 Å². The third-order valence-electron chi connectivity index (χ3n) is 5.70. The minimum Gasteiger partial charge on any atom is -0.493 e. The monoisotopic (exact) mass is 552 g/mol. The lowest BCUT2D eigenvalue weighted by atomic mass is 9.87. The summed E-state index contributed by atoms with van der Waals surface area (Å²) in [6, 6.07) is 2.00. The molecule has 1 unspecified atom stereocenters. The molecule has 12 nitrogen and oxygen atoms in total. The summed E-state index contributed by atoms with van der Waals surface area (Å²) in [7, 11) is 1.38. The molecule has 0 spiro atoms. The lowest BCUT2D eigenvalue weighted by Crippen LogP contribution is -2.52. The molecule has 0 radical (unpaired) electrons. The van der Waals surface area contributed by atoms with Crippen LogP contribution < -0.4 is 25.4 Å². The Morgan fingerprint density at radius 2 is 1.67 bits per heavy atom. The fourth-order valence-corrected chi connectivity index (χ4v) is 3.62. The van der Waals surface area contributed by atoms with Gasteiger partial charge in [0.25, 0.3) is 5.69 Å². The van der Waals surface area contributed by atoms with Crippen molar-refractivity contribution in [1.29, 1.82) is 0 Å². The van der Waals surface area contributed by atoms with Gasteiger partial charge in [-0.25, -0.2) is 0 Å². The second kappa shape index (κ2) is 15.4. The molecule has 0 aliphatic carbocycles. The van der Waals surface area contributed by atoms with Gasteiger partial charge in [0.15, 0.2) is 11.5 Å². The van der Waals surface area contributed by atoms with Crippen LogP contribution in [0.1, 0.15) is 72.8 Å². The van der Waals surface area contributed by atoms with E-state index in [4.69, 9.17) is 9.47 Å². The number of ether oxygens (including phenoxy) is 2. The predicted octanol–water partition coefficient (Wildman–Crippen LogP) is 2.64. The van der Waals surface area contributed by atoms with Gasteiger partial charge in [-0.3, -0.25) is 24.5 Å². The minimum atomic E-state index is -0.614. The summed E-state index contributed by atoms with van der Waals surface area (Å²) in [5.41, 5.74) is -0.964. The van der Waals surface area contributed by atoms with Crippen molar-refractivity contribution in [3.63, 3.8) is 0 Å². The molecule has 4 N–H and O–H groups in total. The zero-order chi connectivity index (χ0) is 29.8. The molecule has 0 saturated carbocycles. The van der Waals surface area contributed by atoms with Crippen molar-refractivity contribution in [2.75, 3.05) is 26.8 Å². The first-order valence-corrected chi connectivity index (χ1v) is 13.0. The molecule has 39 heavy (non-hydrogen) atoms. The fourth-order valence-electron chi connectivity index (χ4n) is 3.62. The van der Waals surface area contributed by atoms with Crippen LogP contribution in [-0.4, -0.2) is 66.0 Å². The summed E-state index contributed by atoms with van der Waals surface area (Å²) in [6.45, 7) is 11.5. The molecule has 0 aromatic heterocycles. The molecule has 0 bridgehead atoms. The number of nitrogens with zero attached hydrogens (tertiary/aromatic N) is 1. The third-order valence-corrected chi connectivity index (χ3v) is 5.70. The van der Waals surface area contributed by atoms with Crippen LogP contribution in [0.15, 0.2) is 12.1 Å². The van der Waals surface area contributed by atoms with Crippen LogP contribution in [0.25, 0.3) is 0 Å². The molecule has 1 aromatic carbocycles. The van der Waals surface area contributed by atoms with Crippen LogP contribution in [0.2, 0.25) is 0 Å². The Morgan fingerprint density at radius 3 is 2.21 bits per heavy atom. The van der Waals surface area contributed by atoms with Gasteiger partial charge in [-0.1, -0.05) is 20.8 Å². The van der Waals surface area contributed by atoms with Gasteiger partial charge < -0.3 is 30.5 Å². The summed E-state index contributed by atoms with van der Waals surface area (Å²) >= 11 is 0. The highest BCUT2D eigenvalue weighted by Gasteiger charge is 2.27. The van der Waals surface area contributed by atoms with Crippen LogP contribution in [0.3, 0.4) is 0 Å². The Kier molecular flexibility index (Phi) is 13.3. The van der Waals surface area contributed by atoms with E-state index in [2.05, 4.69) is 16.0 Å². The molecular weight excluding hydrogens is 508 g/mol. The van der Waals surface area contributed by atoms with E-state index in [0.29, 0.717) is 12.8 Å². The summed E-state index contributed by atoms with van der Waals surface area (Å²) in [6.07, 6.45) is 1.16. The quantitative estimate of drug-likeness (QED) is 0.137. The van der Waals surface area contributed by atoms with Crippen molar-refractivity contribution in [3.8, 4) is 11.5 Å². The van der Waals surface area contributed by atoms with Gasteiger partial charge in [0, 0.05) is 36.9 Å². The van der Waals surface area contributed by atoms with Gasteiger partial charge in [-0.2, -0.15) is 0 Å². The predicted molar refractivity (Wildman–Crippen MR) is 147 cm³/mol. The smallest absolute Gasteiger partial charge is 0.278 e. The van der Waals surface area contributed by atoms with Crippen molar-refractivity contribution in [1.82, 2.24) is 16.0 Å². The van der Waals surface area contributed by atoms with Crippen molar-refractivity contribution in [3.05, 3.63) is 27.8 Å². The highest BCUT2D eigenvalue weighted by molar-refractivity contribution is 5.86. The number of amides is 2. The second-order valence-electron chi connectivity index (χ2n) is 11.3. The number of aliphatic hydroxyl groups excluding tert-OH is 1. The summed E-state index contributed by atoms with van der Waals surface area (Å²) in [4.78, 5) is 47.8. The van der Waals surface area contributed by atoms with E-state index in [-0.39, 0.29) is 78.4 Å². The Hall–Kier alpha value is -3.25. The van der Waals surface area contributed by atoms with E-state index in [1.165, 1.54) is 19.2 Å². The Bertz CT molecular complexity index is 999. The number of nitro benzene ring substituents is 1. The van der Waals surface area contributed by atoms with E-state index >= 15 is 0 Å². The molecule has 0 fully saturated rings. The maximum Gasteiger partial charge on any atom is 0.278 e. The van der Waals surface area contributed by atoms with E-state index in [1.54, 1.807) is 0 Å². The van der Waals surface area contributed by atoms with Crippen molar-refractivity contribution in [2.24, 2.45) is 5.41 Å². The van der Waals surface area contributed by atoms with Crippen LogP contribution in [0, 0.1) is 15.5 Å². The molecular formula is C27H44N4O8. The number of Topliss-reactive ketones (excluding diaryl/α,β-unsaturated/α-hetero) is 1. The van der Waals surface area contributed by atoms with Crippen molar-refractivity contribution >= 4 is 23.3 Å². The van der Waals surface area contributed by atoms with E-state index in [0.717, 1.165) is 0 Å². The number of rotatable bonds is 16. The molecule has 1 atom stereocenters. The normalized spacial score (nSPS) is 12.4. The third kappa shape index (κ3) is 12.4. The van der Waals surface area contributed by atoms with Gasteiger partial charge in [0.1, 0.15) is 5.78 Å². The summed E-state index contributed by atoms with van der Waals surface area (Å²) in [5, 5.41) is 29.3. The standard InChI is InChI=1S/C27H44N4O8/c1-26(2,3)23(33)11-10-19(30-27(4,5)6)25(35)29-13-12-28-24(34)9-8-14-39-22-16-20(31(36)37)18(17-32)15-21(22)38-7/h15-16,19,30,32H,8-14,17H2,1-7H3,(H,28,34)(H,29,35). The number of benzene rings is 1. The largest absolute Gasteiger partial charge is 0.493 e. The zero-order valence-electron chi connectivity index (χ0n) is 24.1. The Morgan fingerprint density at radius 1 is 1.03 bits per heavy atom. The average Bonchev–Trinajstić information content (AvgIpc) is 2.84. The molecule has 0 aliphatic rings. The number of methoxy groups -OCH3 is 1. The second-order valence-corrected chi connectivity index (χ2v) is 11.3. The van der Waals surface area contributed by atoms with Crippen LogP contribution >= 0.6 is 0 Å². The average molecular weight is 553 g/mol. The number of carbonyl (C=O) groups excluding carboxylic acids is 3. The van der Waals surface area contributed by atoms with E-state index < -0.39 is 23.0 Å². The number of aliphatic hydroxyl groups is 1. The van der Waals surface area contributed by atoms with Crippen molar-refractivity contribution in [2.45, 2.75) is 85.4 Å². The van der Waals surface area contributed by atoms with Crippen molar-refractivity contribution < 1.29 is 33.9 Å². The zero-order valence-corrected chi connectivity index (χ0v) is 24.1. The molecule has 1 rings (SSSR count). The molecule has 0 aliphatic heterocycles. The lowest BCUT2D eigenvalue weighted by molar-refractivity contribution is -0.385. The molecule has 1 aromatic rings. The number of hydrogen-bond acceptors (Lipinski definition) is 9. The Balaban J connectivity index is 2.48. The van der Waals surface area contributed by atoms with Crippen LogP contribution in [0.4, 0.5) is 5.69 Å². The minimum absolute atomic E-state index is 0.0890. The first-order valence-electron chi connectivity index (χ1n) is 13.0. The molecule has 0 saturated heterocycles. The topological polar surface area (TPSA) is 169 Å². The lowest BCUT2D eigenvalue weighted by Gasteiger charge is -2.28. The number of nitro groups is 1. The maximum atomic E-state index is 12.8. The molecule has 0 heterocycles.